The highest BCUT2D eigenvalue weighted by Gasteiger charge is 2.30. The van der Waals surface area contributed by atoms with Crippen molar-refractivity contribution in [1.29, 1.82) is 0 Å². The first kappa shape index (κ1) is 17.9. The fourth-order valence-corrected chi connectivity index (χ4v) is 1.20. The van der Waals surface area contributed by atoms with Crippen LogP contribution in [0, 0.1) is 0 Å². The molecule has 0 saturated heterocycles. The predicted molar refractivity (Wildman–Crippen MR) is 70.6 cm³/mol. The van der Waals surface area contributed by atoms with E-state index in [0.29, 0.717) is 11.5 Å². The fraction of sp³-hybridized carbons (Fsp3) is 0.846. The van der Waals surface area contributed by atoms with Crippen molar-refractivity contribution < 1.29 is 19.5 Å². The molecule has 0 fully saturated rings. The number of hydroxylamine groups is 2. The summed E-state index contributed by atoms with van der Waals surface area (Å²) in [6.45, 7) is 10.3. The third-order valence-electron chi connectivity index (χ3n) is 3.00. The van der Waals surface area contributed by atoms with Crippen molar-refractivity contribution in [2.45, 2.75) is 59.0 Å². The molecule has 0 aliphatic rings. The van der Waals surface area contributed by atoms with Gasteiger partial charge < -0.3 is 10.1 Å². The number of rotatable bonds is 7. The number of hydrogen-bond donors (Lipinski definition) is 1. The number of ether oxygens (including phenoxy) is 1. The van der Waals surface area contributed by atoms with E-state index in [1.54, 1.807) is 27.7 Å². The van der Waals surface area contributed by atoms with Crippen molar-refractivity contribution in [2.24, 2.45) is 0 Å². The lowest BCUT2D eigenvalue weighted by molar-refractivity contribution is -0.219. The van der Waals surface area contributed by atoms with E-state index in [9.17, 15) is 14.8 Å². The Hall–Kier alpha value is -1.14. The van der Waals surface area contributed by atoms with E-state index in [2.05, 4.69) is 5.32 Å². The summed E-state index contributed by atoms with van der Waals surface area (Å²) < 4.78 is 4.88. The predicted octanol–water partition coefficient (Wildman–Crippen LogP) is 1.28. The van der Waals surface area contributed by atoms with Gasteiger partial charge in [0.1, 0.15) is 6.61 Å². The summed E-state index contributed by atoms with van der Waals surface area (Å²) in [4.78, 5) is 22.5. The van der Waals surface area contributed by atoms with Crippen molar-refractivity contribution >= 4 is 11.9 Å². The zero-order valence-electron chi connectivity index (χ0n) is 12.7. The molecule has 0 unspecified atom stereocenters. The SMILES string of the molecule is CCC(C)(C)N([O])C(=O)CNC(C)(C)COC(C)=O. The first-order chi connectivity index (χ1) is 8.52. The number of hydrogen-bond acceptors (Lipinski definition) is 4. The molecule has 0 aliphatic carbocycles. The maximum absolute atomic E-state index is 11.8. The van der Waals surface area contributed by atoms with Crippen molar-refractivity contribution in [3.05, 3.63) is 0 Å². The highest BCUT2D eigenvalue weighted by atomic mass is 16.5. The van der Waals surface area contributed by atoms with Gasteiger partial charge in [-0.25, -0.2) is 0 Å². The van der Waals surface area contributed by atoms with E-state index in [0.717, 1.165) is 0 Å². The van der Waals surface area contributed by atoms with Crippen LogP contribution in [0.25, 0.3) is 0 Å². The normalized spacial score (nSPS) is 12.2. The van der Waals surface area contributed by atoms with E-state index in [1.807, 2.05) is 6.92 Å². The van der Waals surface area contributed by atoms with Crippen LogP contribution < -0.4 is 5.32 Å². The Morgan fingerprint density at radius 3 is 2.16 bits per heavy atom. The molecule has 0 saturated carbocycles. The second-order valence-corrected chi connectivity index (χ2v) is 5.87. The molecule has 0 heterocycles. The van der Waals surface area contributed by atoms with Crippen LogP contribution in [0.5, 0.6) is 0 Å². The first-order valence-corrected chi connectivity index (χ1v) is 6.40. The summed E-state index contributed by atoms with van der Waals surface area (Å²) >= 11 is 0. The van der Waals surface area contributed by atoms with Crippen LogP contribution in [0.2, 0.25) is 0 Å². The molecule has 19 heavy (non-hydrogen) atoms. The Balaban J connectivity index is 4.32. The van der Waals surface area contributed by atoms with Gasteiger partial charge in [-0.15, -0.1) is 0 Å². The van der Waals surface area contributed by atoms with Crippen LogP contribution in [0.15, 0.2) is 0 Å². The van der Waals surface area contributed by atoms with Crippen molar-refractivity contribution in [3.8, 4) is 0 Å². The van der Waals surface area contributed by atoms with Gasteiger partial charge in [0.25, 0.3) is 5.91 Å². The summed E-state index contributed by atoms with van der Waals surface area (Å²) in [7, 11) is 0. The third kappa shape index (κ3) is 6.54. The highest BCUT2D eigenvalue weighted by Crippen LogP contribution is 2.16. The zero-order valence-corrected chi connectivity index (χ0v) is 12.7. The Kier molecular flexibility index (Phi) is 6.45. The number of amides is 1. The molecule has 1 N–H and O–H groups in total. The van der Waals surface area contributed by atoms with E-state index >= 15 is 0 Å². The second kappa shape index (κ2) is 6.86. The summed E-state index contributed by atoms with van der Waals surface area (Å²) in [6.07, 6.45) is 0.582. The fourth-order valence-electron chi connectivity index (χ4n) is 1.20. The van der Waals surface area contributed by atoms with Crippen LogP contribution in [0.4, 0.5) is 0 Å². The van der Waals surface area contributed by atoms with Gasteiger partial charge in [-0.1, -0.05) is 12.1 Å². The highest BCUT2D eigenvalue weighted by molar-refractivity contribution is 5.77. The Labute approximate surface area is 115 Å². The quantitative estimate of drug-likeness (QED) is 0.560. The molecule has 111 valence electrons. The largest absolute Gasteiger partial charge is 0.464 e. The minimum atomic E-state index is -0.710. The number of carbonyl (C=O) groups is 2. The van der Waals surface area contributed by atoms with Gasteiger partial charge in [-0.2, -0.15) is 5.06 Å². The number of nitrogens with zero attached hydrogens (tertiary/aromatic N) is 1. The Bertz CT molecular complexity index is 327. The number of nitrogens with one attached hydrogen (secondary N) is 1. The Morgan fingerprint density at radius 2 is 1.74 bits per heavy atom. The van der Waals surface area contributed by atoms with Gasteiger partial charge in [-0.3, -0.25) is 9.59 Å². The van der Waals surface area contributed by atoms with Crippen molar-refractivity contribution in [2.75, 3.05) is 13.2 Å². The molecule has 0 aromatic rings. The molecule has 0 spiro atoms. The van der Waals surface area contributed by atoms with Gasteiger partial charge in [0.2, 0.25) is 0 Å². The molecule has 6 nitrogen and oxygen atoms in total. The lowest BCUT2D eigenvalue weighted by Gasteiger charge is -2.31. The standard InChI is InChI=1S/C13H25N2O4/c1-7-13(5,6)15(18)11(17)8-14-12(3,4)9-19-10(2)16/h14H,7-9H2,1-6H3. The molecule has 6 heteroatoms. The van der Waals surface area contributed by atoms with Gasteiger partial charge in [-0.05, 0) is 34.1 Å². The van der Waals surface area contributed by atoms with Crippen LogP contribution in [0.1, 0.15) is 48.0 Å². The topological polar surface area (TPSA) is 78.5 Å². The van der Waals surface area contributed by atoms with E-state index in [1.165, 1.54) is 6.92 Å². The van der Waals surface area contributed by atoms with Gasteiger partial charge >= 0.3 is 5.97 Å². The minimum absolute atomic E-state index is 0.0821. The summed E-state index contributed by atoms with van der Waals surface area (Å²) in [5, 5.41) is 15.2. The average Bonchev–Trinajstić information content (AvgIpc) is 2.32. The first-order valence-electron chi connectivity index (χ1n) is 6.40. The molecule has 0 atom stereocenters. The lowest BCUT2D eigenvalue weighted by Crippen LogP contribution is -2.52. The summed E-state index contributed by atoms with van der Waals surface area (Å²) in [5.74, 6) is -0.901. The lowest BCUT2D eigenvalue weighted by atomic mass is 10.0. The van der Waals surface area contributed by atoms with E-state index in [-0.39, 0.29) is 19.1 Å². The van der Waals surface area contributed by atoms with Crippen LogP contribution in [-0.4, -0.2) is 41.2 Å². The Morgan fingerprint density at radius 1 is 1.21 bits per heavy atom. The molecule has 0 rings (SSSR count). The molecular weight excluding hydrogens is 248 g/mol. The van der Waals surface area contributed by atoms with E-state index in [4.69, 9.17) is 4.74 Å². The molecule has 0 aliphatic heterocycles. The zero-order chi connectivity index (χ0) is 15.3. The van der Waals surface area contributed by atoms with Crippen LogP contribution >= 0.6 is 0 Å². The minimum Gasteiger partial charge on any atom is -0.464 e. The van der Waals surface area contributed by atoms with E-state index < -0.39 is 17.0 Å². The third-order valence-corrected chi connectivity index (χ3v) is 3.00. The van der Waals surface area contributed by atoms with Gasteiger partial charge in [0.15, 0.2) is 0 Å². The van der Waals surface area contributed by atoms with Crippen LogP contribution in [-0.2, 0) is 19.5 Å². The average molecular weight is 273 g/mol. The molecule has 1 radical (unpaired) electrons. The van der Waals surface area contributed by atoms with Crippen LogP contribution in [0.3, 0.4) is 0 Å². The second-order valence-electron chi connectivity index (χ2n) is 5.87. The van der Waals surface area contributed by atoms with Gasteiger partial charge in [0.05, 0.1) is 12.1 Å². The smallest absolute Gasteiger partial charge is 0.302 e. The number of carbonyl (C=O) groups excluding carboxylic acids is 2. The summed E-state index contributed by atoms with van der Waals surface area (Å²) in [5.41, 5.74) is -1.27. The molecule has 0 bridgehead atoms. The van der Waals surface area contributed by atoms with Crippen molar-refractivity contribution in [3.63, 3.8) is 0 Å². The maximum atomic E-state index is 11.8. The molecule has 1 amide bonds. The monoisotopic (exact) mass is 273 g/mol. The molecule has 0 aromatic carbocycles. The van der Waals surface area contributed by atoms with Gasteiger partial charge in [0, 0.05) is 12.5 Å². The molecular formula is C13H25N2O4. The van der Waals surface area contributed by atoms with Crippen molar-refractivity contribution in [1.82, 2.24) is 10.4 Å². The summed E-state index contributed by atoms with van der Waals surface area (Å²) in [6, 6.07) is 0. The molecule has 0 aromatic heterocycles. The maximum Gasteiger partial charge on any atom is 0.302 e. The number of esters is 1.